The second kappa shape index (κ2) is 11.1. The summed E-state index contributed by atoms with van der Waals surface area (Å²) in [5.41, 5.74) is 0.818. The first-order valence-electron chi connectivity index (χ1n) is 10.8. The highest BCUT2D eigenvalue weighted by Gasteiger charge is 2.23. The smallest absolute Gasteiger partial charge is 0.191 e. The van der Waals surface area contributed by atoms with Crippen LogP contribution in [0.1, 0.15) is 20.8 Å². The van der Waals surface area contributed by atoms with Crippen molar-refractivity contribution >= 4 is 22.8 Å². The van der Waals surface area contributed by atoms with Gasteiger partial charge in [0.05, 0.1) is 31.3 Å². The number of nitrogens with zero attached hydrogens (tertiary/aromatic N) is 6. The maximum absolute atomic E-state index is 5.50. The van der Waals surface area contributed by atoms with Gasteiger partial charge in [0, 0.05) is 45.8 Å². The maximum Gasteiger partial charge on any atom is 0.191 e. The first-order chi connectivity index (χ1) is 14.6. The molecule has 30 heavy (non-hydrogen) atoms. The number of aliphatic imine (C=N–C) groups is 1. The number of morpholine rings is 1. The van der Waals surface area contributed by atoms with Gasteiger partial charge in [-0.05, 0) is 12.8 Å². The van der Waals surface area contributed by atoms with E-state index < -0.39 is 0 Å². The zero-order valence-corrected chi connectivity index (χ0v) is 18.6. The first-order valence-corrected chi connectivity index (χ1v) is 10.8. The molecule has 10 heteroatoms. The summed E-state index contributed by atoms with van der Waals surface area (Å²) in [4.78, 5) is 16.0. The second-order valence-electron chi connectivity index (χ2n) is 7.76. The fraction of sp³-hybridized carbons (Fsp3) is 0.700. The number of nitrogens with one attached hydrogen (secondary N) is 3. The van der Waals surface area contributed by atoms with Crippen molar-refractivity contribution < 1.29 is 4.74 Å². The van der Waals surface area contributed by atoms with Crippen LogP contribution in [-0.4, -0.2) is 89.1 Å². The molecule has 0 saturated carbocycles. The van der Waals surface area contributed by atoms with Crippen molar-refractivity contribution in [2.45, 2.75) is 26.8 Å². The Morgan fingerprint density at radius 3 is 2.73 bits per heavy atom. The molecule has 0 spiro atoms. The van der Waals surface area contributed by atoms with Gasteiger partial charge in [0.2, 0.25) is 0 Å². The monoisotopic (exact) mass is 417 g/mol. The molecule has 1 fully saturated rings. The molecular weight excluding hydrogens is 382 g/mol. The van der Waals surface area contributed by atoms with Crippen LogP contribution in [0.4, 0.5) is 5.82 Å². The van der Waals surface area contributed by atoms with Gasteiger partial charge in [0.25, 0.3) is 0 Å². The summed E-state index contributed by atoms with van der Waals surface area (Å²) in [6, 6.07) is 0.419. The number of ether oxygens (including phenoxy) is 1. The summed E-state index contributed by atoms with van der Waals surface area (Å²) in [5.74, 6) is 2.17. The highest BCUT2D eigenvalue weighted by atomic mass is 16.5. The molecule has 2 aromatic rings. The SMILES string of the molecule is CCNC(=NCC(C(C)C)N1CCOCC1)NCCNc1ncnc2c1cnn2C. The Morgan fingerprint density at radius 1 is 1.20 bits per heavy atom. The fourth-order valence-corrected chi connectivity index (χ4v) is 3.65. The lowest BCUT2D eigenvalue weighted by Crippen LogP contribution is -2.48. The van der Waals surface area contributed by atoms with E-state index in [1.807, 2.05) is 7.05 Å². The Kier molecular flexibility index (Phi) is 8.21. The van der Waals surface area contributed by atoms with Crippen LogP contribution in [0.2, 0.25) is 0 Å². The van der Waals surface area contributed by atoms with Gasteiger partial charge >= 0.3 is 0 Å². The molecule has 0 aliphatic carbocycles. The molecule has 0 aromatic carbocycles. The van der Waals surface area contributed by atoms with E-state index in [4.69, 9.17) is 9.73 Å². The fourth-order valence-electron chi connectivity index (χ4n) is 3.65. The molecule has 3 rings (SSSR count). The Labute approximate surface area is 178 Å². The van der Waals surface area contributed by atoms with Gasteiger partial charge in [-0.3, -0.25) is 14.6 Å². The van der Waals surface area contributed by atoms with Crippen LogP contribution in [0.15, 0.2) is 17.5 Å². The number of aromatic nitrogens is 4. The van der Waals surface area contributed by atoms with E-state index in [2.05, 4.69) is 56.7 Å². The minimum Gasteiger partial charge on any atom is -0.379 e. The molecule has 10 nitrogen and oxygen atoms in total. The summed E-state index contributed by atoms with van der Waals surface area (Å²) in [5, 5.41) is 15.3. The third-order valence-corrected chi connectivity index (χ3v) is 5.30. The molecular formula is C20H35N9O. The molecule has 1 saturated heterocycles. The quantitative estimate of drug-likeness (QED) is 0.311. The van der Waals surface area contributed by atoms with Crippen molar-refractivity contribution in [3.63, 3.8) is 0 Å². The van der Waals surface area contributed by atoms with Gasteiger partial charge in [-0.2, -0.15) is 5.10 Å². The van der Waals surface area contributed by atoms with Crippen molar-refractivity contribution in [3.05, 3.63) is 12.5 Å². The highest BCUT2D eigenvalue weighted by molar-refractivity contribution is 5.86. The summed E-state index contributed by atoms with van der Waals surface area (Å²) in [6.07, 6.45) is 3.34. The normalized spacial score (nSPS) is 16.8. The average Bonchev–Trinajstić information content (AvgIpc) is 3.13. The number of aryl methyl sites for hydroxylation is 1. The Balaban J connectivity index is 1.52. The zero-order valence-electron chi connectivity index (χ0n) is 18.6. The van der Waals surface area contributed by atoms with Crippen molar-refractivity contribution in [2.75, 3.05) is 57.8 Å². The number of anilines is 1. The first kappa shape index (κ1) is 22.2. The summed E-state index contributed by atoms with van der Waals surface area (Å²) in [7, 11) is 1.88. The Morgan fingerprint density at radius 2 is 2.00 bits per heavy atom. The van der Waals surface area contributed by atoms with Crippen LogP contribution in [0.5, 0.6) is 0 Å². The summed E-state index contributed by atoms with van der Waals surface area (Å²) >= 11 is 0. The predicted molar refractivity (Wildman–Crippen MR) is 120 cm³/mol. The maximum atomic E-state index is 5.50. The number of hydrogen-bond acceptors (Lipinski definition) is 7. The van der Waals surface area contributed by atoms with Gasteiger partial charge < -0.3 is 20.7 Å². The molecule has 2 aromatic heterocycles. The number of guanidine groups is 1. The van der Waals surface area contributed by atoms with E-state index in [0.717, 1.165) is 68.7 Å². The van der Waals surface area contributed by atoms with E-state index in [9.17, 15) is 0 Å². The lowest BCUT2D eigenvalue weighted by atomic mass is 10.0. The minimum absolute atomic E-state index is 0.419. The molecule has 1 unspecified atom stereocenters. The van der Waals surface area contributed by atoms with Crippen LogP contribution < -0.4 is 16.0 Å². The molecule has 166 valence electrons. The standard InChI is InChI=1S/C20H35N9O/c1-5-21-20(24-13-17(15(2)3)29-8-10-30-11-9-29)23-7-6-22-18-16-12-27-28(4)19(16)26-14-25-18/h12,14-15,17H,5-11,13H2,1-4H3,(H2,21,23,24)(H,22,25,26). The van der Waals surface area contributed by atoms with Gasteiger partial charge in [0.1, 0.15) is 12.1 Å². The molecule has 3 heterocycles. The van der Waals surface area contributed by atoms with Crippen LogP contribution in [-0.2, 0) is 11.8 Å². The zero-order chi connectivity index (χ0) is 21.3. The lowest BCUT2D eigenvalue weighted by Gasteiger charge is -2.36. The minimum atomic E-state index is 0.419. The third kappa shape index (κ3) is 5.79. The van der Waals surface area contributed by atoms with Gasteiger partial charge in [-0.25, -0.2) is 9.97 Å². The number of fused-ring (bicyclic) bond motifs is 1. The Bertz CT molecular complexity index is 814. The predicted octanol–water partition coefficient (Wildman–Crippen LogP) is 0.687. The average molecular weight is 418 g/mol. The van der Waals surface area contributed by atoms with Gasteiger partial charge in [0.15, 0.2) is 11.6 Å². The highest BCUT2D eigenvalue weighted by Crippen LogP contribution is 2.17. The van der Waals surface area contributed by atoms with Crippen LogP contribution >= 0.6 is 0 Å². The molecule has 1 aliphatic rings. The summed E-state index contributed by atoms with van der Waals surface area (Å²) < 4.78 is 7.25. The molecule has 3 N–H and O–H groups in total. The molecule has 0 amide bonds. The van der Waals surface area contributed by atoms with Crippen molar-refractivity contribution in [1.82, 2.24) is 35.3 Å². The van der Waals surface area contributed by atoms with Crippen molar-refractivity contribution in [3.8, 4) is 0 Å². The number of hydrogen-bond donors (Lipinski definition) is 3. The topological polar surface area (TPSA) is 105 Å². The molecule has 0 radical (unpaired) electrons. The number of rotatable bonds is 9. The van der Waals surface area contributed by atoms with E-state index in [0.29, 0.717) is 18.5 Å². The summed E-state index contributed by atoms with van der Waals surface area (Å²) in [6.45, 7) is 13.2. The van der Waals surface area contributed by atoms with E-state index >= 15 is 0 Å². The van der Waals surface area contributed by atoms with Gasteiger partial charge in [-0.1, -0.05) is 13.8 Å². The van der Waals surface area contributed by atoms with Gasteiger partial charge in [-0.15, -0.1) is 0 Å². The van der Waals surface area contributed by atoms with E-state index in [-0.39, 0.29) is 0 Å². The lowest BCUT2D eigenvalue weighted by molar-refractivity contribution is 0.00867. The third-order valence-electron chi connectivity index (χ3n) is 5.30. The largest absolute Gasteiger partial charge is 0.379 e. The Hall–Kier alpha value is -2.46. The molecule has 1 atom stereocenters. The molecule has 1 aliphatic heterocycles. The van der Waals surface area contributed by atoms with Crippen LogP contribution in [0, 0.1) is 5.92 Å². The molecule has 0 bridgehead atoms. The van der Waals surface area contributed by atoms with E-state index in [1.165, 1.54) is 0 Å². The van der Waals surface area contributed by atoms with E-state index in [1.54, 1.807) is 17.2 Å². The van der Waals surface area contributed by atoms with Crippen LogP contribution in [0.25, 0.3) is 11.0 Å². The van der Waals surface area contributed by atoms with Crippen LogP contribution in [0.3, 0.4) is 0 Å². The second-order valence-corrected chi connectivity index (χ2v) is 7.76. The van der Waals surface area contributed by atoms with Crippen molar-refractivity contribution in [2.24, 2.45) is 18.0 Å². The van der Waals surface area contributed by atoms with Crippen molar-refractivity contribution in [1.29, 1.82) is 0 Å².